The molecule has 4 nitrogen and oxygen atoms in total. The highest BCUT2D eigenvalue weighted by Gasteiger charge is 2.33. The van der Waals surface area contributed by atoms with Crippen molar-refractivity contribution in [2.45, 2.75) is 13.5 Å². The van der Waals surface area contributed by atoms with E-state index in [9.17, 15) is 9.18 Å². The Morgan fingerprint density at radius 1 is 1.03 bits per heavy atom. The minimum absolute atomic E-state index is 0.153. The number of nitrogens with zero attached hydrogens (tertiary/aromatic N) is 1. The zero-order valence-electron chi connectivity index (χ0n) is 17.5. The van der Waals surface area contributed by atoms with Crippen LogP contribution in [0.2, 0.25) is 0 Å². The summed E-state index contributed by atoms with van der Waals surface area (Å²) < 4.78 is 24.9. The molecule has 0 unspecified atom stereocenters. The summed E-state index contributed by atoms with van der Waals surface area (Å²) in [6, 6.07) is 19.3. The van der Waals surface area contributed by atoms with Crippen molar-refractivity contribution in [2.24, 2.45) is 0 Å². The number of halogens is 1. The lowest BCUT2D eigenvalue weighted by molar-refractivity contribution is -0.113. The number of hydrogen-bond donors (Lipinski definition) is 0. The first-order valence-corrected chi connectivity index (χ1v) is 11.1. The Labute approximate surface area is 195 Å². The third kappa shape index (κ3) is 4.84. The number of methoxy groups -OCH3 is 1. The molecule has 1 fully saturated rings. The normalized spacial score (nSPS) is 14.8. The van der Waals surface area contributed by atoms with Crippen LogP contribution in [-0.4, -0.2) is 17.3 Å². The first-order valence-electron chi connectivity index (χ1n) is 9.84. The van der Waals surface area contributed by atoms with E-state index in [1.54, 1.807) is 42.4 Å². The molecule has 7 heteroatoms. The lowest BCUT2D eigenvalue weighted by Gasteiger charge is -2.14. The van der Waals surface area contributed by atoms with Crippen LogP contribution in [0.3, 0.4) is 0 Å². The number of ether oxygens (including phenoxy) is 2. The highest BCUT2D eigenvalue weighted by Crippen LogP contribution is 2.37. The Kier molecular flexibility index (Phi) is 6.58. The third-order valence-corrected chi connectivity index (χ3v) is 6.18. The van der Waals surface area contributed by atoms with Crippen LogP contribution in [0, 0.1) is 12.7 Å². The van der Waals surface area contributed by atoms with Crippen LogP contribution < -0.4 is 14.4 Å². The average Bonchev–Trinajstić information content (AvgIpc) is 3.07. The molecule has 1 saturated heterocycles. The smallest absolute Gasteiger partial charge is 0.270 e. The Balaban J connectivity index is 1.52. The second-order valence-electron chi connectivity index (χ2n) is 7.18. The molecule has 0 saturated carbocycles. The maximum atomic E-state index is 13.1. The van der Waals surface area contributed by atoms with Gasteiger partial charge in [-0.25, -0.2) is 4.39 Å². The van der Waals surface area contributed by atoms with E-state index >= 15 is 0 Å². The molecule has 0 atom stereocenters. The first-order chi connectivity index (χ1) is 15.4. The van der Waals surface area contributed by atoms with Crippen molar-refractivity contribution >= 4 is 46.0 Å². The van der Waals surface area contributed by atoms with Crippen LogP contribution in [-0.2, 0) is 11.4 Å². The summed E-state index contributed by atoms with van der Waals surface area (Å²) in [5, 5.41) is 0. The Hall–Kier alpha value is -3.16. The van der Waals surface area contributed by atoms with Gasteiger partial charge in [-0.2, -0.15) is 0 Å². The second kappa shape index (κ2) is 9.54. The molecule has 32 heavy (non-hydrogen) atoms. The molecule has 1 heterocycles. The number of thiocarbonyl (C=S) groups is 1. The number of hydrogen-bond acceptors (Lipinski definition) is 5. The van der Waals surface area contributed by atoms with Gasteiger partial charge in [0.1, 0.15) is 12.4 Å². The molecule has 0 aliphatic carbocycles. The second-order valence-corrected chi connectivity index (χ2v) is 8.85. The van der Waals surface area contributed by atoms with Crippen molar-refractivity contribution in [3.05, 3.63) is 94.1 Å². The van der Waals surface area contributed by atoms with Gasteiger partial charge in [-0.1, -0.05) is 59.9 Å². The monoisotopic (exact) mass is 465 g/mol. The number of carbonyl (C=O) groups is 1. The molecule has 0 spiro atoms. The van der Waals surface area contributed by atoms with Gasteiger partial charge in [0.15, 0.2) is 15.8 Å². The fourth-order valence-electron chi connectivity index (χ4n) is 3.17. The predicted molar refractivity (Wildman–Crippen MR) is 131 cm³/mol. The highest BCUT2D eigenvalue weighted by molar-refractivity contribution is 8.27. The topological polar surface area (TPSA) is 38.8 Å². The van der Waals surface area contributed by atoms with E-state index in [2.05, 4.69) is 0 Å². The molecule has 162 valence electrons. The van der Waals surface area contributed by atoms with Crippen LogP contribution in [0.15, 0.2) is 71.6 Å². The standard InChI is InChI=1S/C25H20FNO3S2/c1-16-3-10-20(11-4-16)27-24(28)23(32-25(27)31)14-18-7-12-21(22(13-18)29-2)30-15-17-5-8-19(26)9-6-17/h3-14H,15H2,1-2H3/b23-14-. The van der Waals surface area contributed by atoms with Crippen LogP contribution >= 0.6 is 24.0 Å². The van der Waals surface area contributed by atoms with Gasteiger partial charge in [0.2, 0.25) is 0 Å². The van der Waals surface area contributed by atoms with Gasteiger partial charge in [-0.15, -0.1) is 0 Å². The number of benzene rings is 3. The summed E-state index contributed by atoms with van der Waals surface area (Å²) in [5.74, 6) is 0.652. The fourth-order valence-corrected chi connectivity index (χ4v) is 4.47. The number of amides is 1. The summed E-state index contributed by atoms with van der Waals surface area (Å²) in [6.07, 6.45) is 1.79. The van der Waals surface area contributed by atoms with Gasteiger partial charge in [0.25, 0.3) is 5.91 Å². The molecule has 3 aromatic carbocycles. The predicted octanol–water partition coefficient (Wildman–Crippen LogP) is 6.13. The summed E-state index contributed by atoms with van der Waals surface area (Å²) in [6.45, 7) is 2.28. The number of thioether (sulfide) groups is 1. The van der Waals surface area contributed by atoms with Crippen LogP contribution in [0.5, 0.6) is 11.5 Å². The fraction of sp³-hybridized carbons (Fsp3) is 0.120. The molecule has 4 rings (SSSR count). The molecule has 1 amide bonds. The summed E-state index contributed by atoms with van der Waals surface area (Å²) >= 11 is 6.71. The van der Waals surface area contributed by atoms with E-state index < -0.39 is 0 Å². The molecule has 0 N–H and O–H groups in total. The van der Waals surface area contributed by atoms with Crippen molar-refractivity contribution < 1.29 is 18.7 Å². The van der Waals surface area contributed by atoms with Gasteiger partial charge in [-0.3, -0.25) is 9.69 Å². The molecule has 0 aromatic heterocycles. The molecule has 1 aliphatic heterocycles. The minimum Gasteiger partial charge on any atom is -0.493 e. The van der Waals surface area contributed by atoms with Gasteiger partial charge in [-0.05, 0) is 60.5 Å². The van der Waals surface area contributed by atoms with Crippen molar-refractivity contribution in [1.82, 2.24) is 0 Å². The number of aryl methyl sites for hydroxylation is 1. The van der Waals surface area contributed by atoms with E-state index in [1.807, 2.05) is 37.3 Å². The lowest BCUT2D eigenvalue weighted by atomic mass is 10.1. The van der Waals surface area contributed by atoms with Crippen molar-refractivity contribution in [2.75, 3.05) is 12.0 Å². The summed E-state index contributed by atoms with van der Waals surface area (Å²) in [4.78, 5) is 15.1. The Bertz CT molecular complexity index is 1190. The number of carbonyl (C=O) groups excluding carboxylic acids is 1. The number of rotatable bonds is 6. The molecule has 1 aliphatic rings. The maximum absolute atomic E-state index is 13.1. The van der Waals surface area contributed by atoms with E-state index in [0.29, 0.717) is 20.7 Å². The average molecular weight is 466 g/mol. The van der Waals surface area contributed by atoms with Gasteiger partial charge in [0, 0.05) is 0 Å². The summed E-state index contributed by atoms with van der Waals surface area (Å²) in [7, 11) is 1.56. The van der Waals surface area contributed by atoms with E-state index in [1.165, 1.54) is 23.9 Å². The van der Waals surface area contributed by atoms with Crippen molar-refractivity contribution in [3.8, 4) is 11.5 Å². The van der Waals surface area contributed by atoms with Crippen LogP contribution in [0.4, 0.5) is 10.1 Å². The van der Waals surface area contributed by atoms with Crippen molar-refractivity contribution in [3.63, 3.8) is 0 Å². The van der Waals surface area contributed by atoms with Crippen LogP contribution in [0.25, 0.3) is 6.08 Å². The van der Waals surface area contributed by atoms with E-state index in [4.69, 9.17) is 21.7 Å². The molecular weight excluding hydrogens is 445 g/mol. The van der Waals surface area contributed by atoms with Crippen LogP contribution in [0.1, 0.15) is 16.7 Å². The minimum atomic E-state index is -0.288. The molecule has 3 aromatic rings. The zero-order valence-corrected chi connectivity index (χ0v) is 19.1. The molecule has 0 radical (unpaired) electrons. The largest absolute Gasteiger partial charge is 0.493 e. The Morgan fingerprint density at radius 3 is 2.44 bits per heavy atom. The SMILES string of the molecule is COc1cc(/C=C2\SC(=S)N(c3ccc(C)cc3)C2=O)ccc1OCc1ccc(F)cc1. The van der Waals surface area contributed by atoms with E-state index in [0.717, 1.165) is 22.4 Å². The van der Waals surface area contributed by atoms with E-state index in [-0.39, 0.29) is 18.3 Å². The maximum Gasteiger partial charge on any atom is 0.270 e. The van der Waals surface area contributed by atoms with Gasteiger partial charge in [0.05, 0.1) is 17.7 Å². The number of anilines is 1. The quantitative estimate of drug-likeness (QED) is 0.324. The Morgan fingerprint density at radius 2 is 1.75 bits per heavy atom. The first kappa shape index (κ1) is 22.0. The highest BCUT2D eigenvalue weighted by atomic mass is 32.2. The third-order valence-electron chi connectivity index (χ3n) is 4.88. The van der Waals surface area contributed by atoms with Gasteiger partial charge < -0.3 is 9.47 Å². The summed E-state index contributed by atoms with van der Waals surface area (Å²) in [5.41, 5.74) is 3.50. The van der Waals surface area contributed by atoms with Crippen molar-refractivity contribution in [1.29, 1.82) is 0 Å². The van der Waals surface area contributed by atoms with Gasteiger partial charge >= 0.3 is 0 Å². The molecular formula is C25H20FNO3S2. The lowest BCUT2D eigenvalue weighted by Crippen LogP contribution is -2.27. The molecule has 0 bridgehead atoms. The zero-order chi connectivity index (χ0) is 22.7.